The fraction of sp³-hybridized carbons (Fsp3) is 0.579. The second kappa shape index (κ2) is 10.3. The van der Waals surface area contributed by atoms with Gasteiger partial charge >= 0.3 is 6.09 Å². The number of hydrogen-bond acceptors (Lipinski definition) is 5. The van der Waals surface area contributed by atoms with E-state index >= 15 is 0 Å². The smallest absolute Gasteiger partial charge is 0.408 e. The predicted octanol–water partition coefficient (Wildman–Crippen LogP) is 4.50. The maximum Gasteiger partial charge on any atom is 0.408 e. The number of ether oxygens (including phenoxy) is 1. The molecular formula is C19H27BrF2N2O4S2. The maximum absolute atomic E-state index is 14.6. The Morgan fingerprint density at radius 1 is 1.27 bits per heavy atom. The van der Waals surface area contributed by atoms with Crippen LogP contribution in [-0.4, -0.2) is 37.8 Å². The molecule has 0 saturated carbocycles. The molecule has 0 heterocycles. The van der Waals surface area contributed by atoms with Crippen LogP contribution in [0.4, 0.5) is 13.6 Å². The minimum Gasteiger partial charge on any atom is -0.444 e. The standard InChI is InChI=1S/C19H25BrF2N2O4S.H2S/c1-17(2,3)28-16(25)24-18(4,14-10-13(20)6-7-15(14)22)8-9-19(11-21,12-23)29(5,26)27;/h6-7,10H,8-9,11H2,1-5H3,(H,24,25);1H2/t18-,19?;/m0./s1. The molecule has 30 heavy (non-hydrogen) atoms. The van der Waals surface area contributed by atoms with Gasteiger partial charge in [0.15, 0.2) is 14.6 Å². The largest absolute Gasteiger partial charge is 0.444 e. The van der Waals surface area contributed by atoms with E-state index in [4.69, 9.17) is 4.74 Å². The number of halogens is 3. The molecule has 1 N–H and O–H groups in total. The van der Waals surface area contributed by atoms with Crippen LogP contribution in [0.25, 0.3) is 0 Å². The highest BCUT2D eigenvalue weighted by molar-refractivity contribution is 9.10. The molecule has 0 bridgehead atoms. The van der Waals surface area contributed by atoms with E-state index in [-0.39, 0.29) is 25.5 Å². The Labute approximate surface area is 191 Å². The van der Waals surface area contributed by atoms with Crippen molar-refractivity contribution >= 4 is 45.4 Å². The monoisotopic (exact) mass is 528 g/mol. The molecule has 0 aliphatic rings. The molecule has 0 aliphatic carbocycles. The molecule has 1 rings (SSSR count). The number of nitrogens with zero attached hydrogens (tertiary/aromatic N) is 1. The van der Waals surface area contributed by atoms with Gasteiger partial charge in [-0.2, -0.15) is 18.8 Å². The second-order valence-electron chi connectivity index (χ2n) is 8.10. The normalized spacial score (nSPS) is 15.7. The topological polar surface area (TPSA) is 96.3 Å². The van der Waals surface area contributed by atoms with Crippen molar-refractivity contribution in [2.45, 2.75) is 56.4 Å². The van der Waals surface area contributed by atoms with Gasteiger partial charge in [-0.25, -0.2) is 22.0 Å². The van der Waals surface area contributed by atoms with Gasteiger partial charge in [-0.05, 0) is 58.7 Å². The van der Waals surface area contributed by atoms with E-state index in [1.54, 1.807) is 20.8 Å². The number of alkyl halides is 1. The Hall–Kier alpha value is -1.38. The quantitative estimate of drug-likeness (QED) is 0.561. The molecule has 1 unspecified atom stereocenters. The molecule has 0 aliphatic heterocycles. The number of rotatable bonds is 7. The van der Waals surface area contributed by atoms with Crippen molar-refractivity contribution in [3.05, 3.63) is 34.1 Å². The Bertz CT molecular complexity index is 916. The summed E-state index contributed by atoms with van der Waals surface area (Å²) in [7, 11) is -4.09. The summed E-state index contributed by atoms with van der Waals surface area (Å²) in [5.41, 5.74) is -2.27. The van der Waals surface area contributed by atoms with Crippen LogP contribution in [0.5, 0.6) is 0 Å². The van der Waals surface area contributed by atoms with Crippen LogP contribution in [0, 0.1) is 17.1 Å². The Balaban J connectivity index is 0.00000841. The third-order valence-corrected chi connectivity index (χ3v) is 6.78. The van der Waals surface area contributed by atoms with Gasteiger partial charge in [-0.1, -0.05) is 15.9 Å². The highest BCUT2D eigenvalue weighted by Gasteiger charge is 2.44. The van der Waals surface area contributed by atoms with Crippen molar-refractivity contribution in [3.63, 3.8) is 0 Å². The first kappa shape index (κ1) is 28.6. The zero-order chi connectivity index (χ0) is 22.7. The van der Waals surface area contributed by atoms with Gasteiger partial charge in [-0.15, -0.1) is 0 Å². The number of amides is 1. The number of hydrogen-bond donors (Lipinski definition) is 1. The Kier molecular flexibility index (Phi) is 9.81. The minimum atomic E-state index is -4.09. The summed E-state index contributed by atoms with van der Waals surface area (Å²) >= 11 is 3.23. The first-order valence-electron chi connectivity index (χ1n) is 8.73. The summed E-state index contributed by atoms with van der Waals surface area (Å²) < 4.78 is 55.8. The van der Waals surface area contributed by atoms with E-state index in [2.05, 4.69) is 21.2 Å². The molecule has 170 valence electrons. The average Bonchev–Trinajstić information content (AvgIpc) is 2.55. The van der Waals surface area contributed by atoms with Gasteiger partial charge < -0.3 is 10.1 Å². The fourth-order valence-electron chi connectivity index (χ4n) is 2.69. The fourth-order valence-corrected chi connectivity index (χ4v) is 3.88. The molecule has 0 radical (unpaired) electrons. The zero-order valence-electron chi connectivity index (χ0n) is 17.5. The number of benzene rings is 1. The molecule has 2 atom stereocenters. The van der Waals surface area contributed by atoms with Crippen molar-refractivity contribution in [3.8, 4) is 6.07 Å². The number of sulfone groups is 1. The minimum absolute atomic E-state index is 0. The van der Waals surface area contributed by atoms with Gasteiger partial charge in [0.2, 0.25) is 0 Å². The van der Waals surface area contributed by atoms with Crippen molar-refractivity contribution in [2.24, 2.45) is 0 Å². The maximum atomic E-state index is 14.6. The lowest BCUT2D eigenvalue weighted by Crippen LogP contribution is -2.48. The molecule has 1 aromatic carbocycles. The summed E-state index contributed by atoms with van der Waals surface area (Å²) in [4.78, 5) is 12.4. The van der Waals surface area contributed by atoms with Crippen molar-refractivity contribution in [2.75, 3.05) is 12.9 Å². The van der Waals surface area contributed by atoms with E-state index in [0.29, 0.717) is 4.47 Å². The SMILES string of the molecule is CC(C)(C)OC(=O)N[C@@](C)(CCC(C#N)(CF)S(C)(=O)=O)c1cc(Br)ccc1F.S. The van der Waals surface area contributed by atoms with Crippen LogP contribution in [0.1, 0.15) is 46.1 Å². The Morgan fingerprint density at radius 2 is 1.83 bits per heavy atom. The summed E-state index contributed by atoms with van der Waals surface area (Å²) in [5.74, 6) is -0.658. The number of carbonyl (C=O) groups is 1. The summed E-state index contributed by atoms with van der Waals surface area (Å²) in [6, 6.07) is 5.61. The highest BCUT2D eigenvalue weighted by atomic mass is 79.9. The molecule has 1 aromatic rings. The predicted molar refractivity (Wildman–Crippen MR) is 120 cm³/mol. The molecular weight excluding hydrogens is 502 g/mol. The lowest BCUT2D eigenvalue weighted by Gasteiger charge is -2.35. The van der Waals surface area contributed by atoms with E-state index in [1.807, 2.05) is 0 Å². The van der Waals surface area contributed by atoms with E-state index in [9.17, 15) is 27.3 Å². The molecule has 0 fully saturated rings. The van der Waals surface area contributed by atoms with Crippen LogP contribution in [0.15, 0.2) is 22.7 Å². The van der Waals surface area contributed by atoms with Gasteiger partial charge in [0, 0.05) is 16.3 Å². The first-order chi connectivity index (χ1) is 13.1. The van der Waals surface area contributed by atoms with Gasteiger partial charge in [0.1, 0.15) is 18.1 Å². The third-order valence-electron chi connectivity index (χ3n) is 4.46. The van der Waals surface area contributed by atoms with E-state index in [0.717, 1.165) is 6.26 Å². The first-order valence-corrected chi connectivity index (χ1v) is 11.4. The van der Waals surface area contributed by atoms with Crippen molar-refractivity contribution in [1.29, 1.82) is 5.26 Å². The second-order valence-corrected chi connectivity index (χ2v) is 11.3. The lowest BCUT2D eigenvalue weighted by molar-refractivity contribution is 0.0451. The molecule has 6 nitrogen and oxygen atoms in total. The van der Waals surface area contributed by atoms with Crippen LogP contribution in [0.2, 0.25) is 0 Å². The molecule has 1 amide bonds. The van der Waals surface area contributed by atoms with Crippen molar-refractivity contribution in [1.82, 2.24) is 5.32 Å². The molecule has 0 spiro atoms. The van der Waals surface area contributed by atoms with Gasteiger partial charge in [0.05, 0.1) is 11.6 Å². The highest BCUT2D eigenvalue weighted by Crippen LogP contribution is 2.35. The zero-order valence-corrected chi connectivity index (χ0v) is 20.9. The molecule has 11 heteroatoms. The lowest BCUT2D eigenvalue weighted by atomic mass is 9.84. The summed E-state index contributed by atoms with van der Waals surface area (Å²) in [6.07, 6.45) is -0.781. The number of nitrogens with one attached hydrogen (secondary N) is 1. The van der Waals surface area contributed by atoms with E-state index in [1.165, 1.54) is 31.2 Å². The summed E-state index contributed by atoms with van der Waals surface area (Å²) in [5, 5.41) is 11.9. The van der Waals surface area contributed by atoms with Crippen LogP contribution in [-0.2, 0) is 20.1 Å². The number of carbonyl (C=O) groups excluding carboxylic acids is 1. The Morgan fingerprint density at radius 3 is 2.27 bits per heavy atom. The third kappa shape index (κ3) is 7.10. The molecule has 0 saturated heterocycles. The van der Waals surface area contributed by atoms with Gasteiger partial charge in [-0.3, -0.25) is 0 Å². The number of alkyl carbamates (subject to hydrolysis) is 1. The van der Waals surface area contributed by atoms with Crippen LogP contribution < -0.4 is 5.32 Å². The van der Waals surface area contributed by atoms with Crippen molar-refractivity contribution < 1.29 is 26.7 Å². The van der Waals surface area contributed by atoms with E-state index < -0.39 is 50.7 Å². The van der Waals surface area contributed by atoms with Crippen LogP contribution in [0.3, 0.4) is 0 Å². The molecule has 0 aromatic heterocycles. The van der Waals surface area contributed by atoms with Crippen LogP contribution >= 0.6 is 29.4 Å². The average molecular weight is 529 g/mol. The number of nitriles is 1. The summed E-state index contributed by atoms with van der Waals surface area (Å²) in [6.45, 7) is 4.99. The van der Waals surface area contributed by atoms with Gasteiger partial charge in [0.25, 0.3) is 0 Å².